The van der Waals surface area contributed by atoms with Gasteiger partial charge in [-0.15, -0.1) is 0 Å². The van der Waals surface area contributed by atoms with Gasteiger partial charge in [-0.3, -0.25) is 4.79 Å². The predicted molar refractivity (Wildman–Crippen MR) is 58.4 cm³/mol. The van der Waals surface area contributed by atoms with Crippen molar-refractivity contribution in [1.82, 2.24) is 10.2 Å². The number of carbonyl (C=O) groups is 1. The van der Waals surface area contributed by atoms with Crippen LogP contribution in [0.1, 0.15) is 32.6 Å². The van der Waals surface area contributed by atoms with Gasteiger partial charge in [-0.05, 0) is 25.2 Å². The van der Waals surface area contributed by atoms with E-state index in [1.165, 1.54) is 19.3 Å². The summed E-state index contributed by atoms with van der Waals surface area (Å²) in [5.41, 5.74) is 0. The summed E-state index contributed by atoms with van der Waals surface area (Å²) in [6, 6.07) is 1.21. The van der Waals surface area contributed by atoms with Crippen molar-refractivity contribution in [1.29, 1.82) is 0 Å². The molecule has 2 unspecified atom stereocenters. The van der Waals surface area contributed by atoms with Crippen molar-refractivity contribution >= 4 is 5.91 Å². The molecule has 3 aliphatic heterocycles. The number of hydrogen-bond donors (Lipinski definition) is 1. The Balaban J connectivity index is 1.53. The highest BCUT2D eigenvalue weighted by atomic mass is 16.2. The van der Waals surface area contributed by atoms with E-state index in [0.29, 0.717) is 29.8 Å². The van der Waals surface area contributed by atoms with Gasteiger partial charge in [0.15, 0.2) is 0 Å². The Kier molecular flexibility index (Phi) is 2.23. The number of fused-ring (bicyclic) bond motifs is 2. The van der Waals surface area contributed by atoms with Gasteiger partial charge in [0.1, 0.15) is 0 Å². The van der Waals surface area contributed by atoms with Crippen LogP contribution in [0.5, 0.6) is 0 Å². The van der Waals surface area contributed by atoms with E-state index in [1.807, 2.05) is 0 Å². The van der Waals surface area contributed by atoms with Crippen LogP contribution in [-0.2, 0) is 4.79 Å². The molecule has 1 N–H and O–H groups in total. The van der Waals surface area contributed by atoms with Crippen molar-refractivity contribution < 1.29 is 4.79 Å². The van der Waals surface area contributed by atoms with Gasteiger partial charge >= 0.3 is 0 Å². The molecular weight excluding hydrogens is 188 g/mol. The molecule has 4 aliphatic rings. The predicted octanol–water partition coefficient (Wildman–Crippen LogP) is 0.995. The van der Waals surface area contributed by atoms with Crippen LogP contribution in [0.4, 0.5) is 0 Å². The van der Waals surface area contributed by atoms with E-state index in [0.717, 1.165) is 19.5 Å². The molecule has 15 heavy (non-hydrogen) atoms. The monoisotopic (exact) mass is 208 g/mol. The molecule has 4 rings (SSSR count). The molecule has 3 heteroatoms. The van der Waals surface area contributed by atoms with Gasteiger partial charge in [-0.25, -0.2) is 0 Å². The first-order valence-corrected chi connectivity index (χ1v) is 6.32. The normalized spacial score (nSPS) is 42.3. The Morgan fingerprint density at radius 1 is 1.33 bits per heavy atom. The highest BCUT2D eigenvalue weighted by Gasteiger charge is 2.47. The molecule has 0 aromatic rings. The second kappa shape index (κ2) is 3.48. The molecule has 0 radical (unpaired) electrons. The summed E-state index contributed by atoms with van der Waals surface area (Å²) in [6.07, 6.45) is 4.91. The Morgan fingerprint density at radius 3 is 2.60 bits per heavy atom. The van der Waals surface area contributed by atoms with Crippen molar-refractivity contribution in [2.75, 3.05) is 13.1 Å². The maximum Gasteiger partial charge on any atom is 0.226 e. The van der Waals surface area contributed by atoms with Gasteiger partial charge in [0, 0.05) is 31.1 Å². The van der Waals surface area contributed by atoms with Crippen LogP contribution in [0.2, 0.25) is 0 Å². The molecule has 0 spiro atoms. The Hall–Kier alpha value is -0.570. The van der Waals surface area contributed by atoms with E-state index >= 15 is 0 Å². The average molecular weight is 208 g/mol. The lowest BCUT2D eigenvalue weighted by molar-refractivity contribution is -0.137. The van der Waals surface area contributed by atoms with Gasteiger partial charge in [-0.2, -0.15) is 0 Å². The minimum absolute atomic E-state index is 0.391. The molecule has 3 saturated heterocycles. The fourth-order valence-corrected chi connectivity index (χ4v) is 3.17. The van der Waals surface area contributed by atoms with Crippen LogP contribution >= 0.6 is 0 Å². The Morgan fingerprint density at radius 2 is 2.00 bits per heavy atom. The first-order valence-electron chi connectivity index (χ1n) is 6.32. The molecule has 0 aromatic carbocycles. The zero-order valence-electron chi connectivity index (χ0n) is 9.41. The van der Waals surface area contributed by atoms with Crippen LogP contribution in [0, 0.1) is 11.8 Å². The summed E-state index contributed by atoms with van der Waals surface area (Å²) in [7, 11) is 0. The van der Waals surface area contributed by atoms with Crippen LogP contribution in [0.3, 0.4) is 0 Å². The second-order valence-corrected chi connectivity index (χ2v) is 5.43. The lowest BCUT2D eigenvalue weighted by Gasteiger charge is -2.48. The third kappa shape index (κ3) is 1.67. The number of piperazine rings is 1. The van der Waals surface area contributed by atoms with Gasteiger partial charge in [-0.1, -0.05) is 13.3 Å². The summed E-state index contributed by atoms with van der Waals surface area (Å²) in [4.78, 5) is 14.2. The van der Waals surface area contributed by atoms with Gasteiger partial charge in [0.05, 0.1) is 0 Å². The first-order chi connectivity index (χ1) is 7.28. The maximum atomic E-state index is 12.1. The van der Waals surface area contributed by atoms with E-state index < -0.39 is 0 Å². The van der Waals surface area contributed by atoms with Crippen LogP contribution in [0.15, 0.2) is 0 Å². The number of rotatable bonds is 3. The van der Waals surface area contributed by atoms with Crippen molar-refractivity contribution in [3.8, 4) is 0 Å². The van der Waals surface area contributed by atoms with Crippen LogP contribution in [0.25, 0.3) is 0 Å². The number of amides is 1. The summed E-state index contributed by atoms with van der Waals surface area (Å²) < 4.78 is 0. The lowest BCUT2D eigenvalue weighted by atomic mass is 9.91. The average Bonchev–Trinajstić information content (AvgIpc) is 2.96. The molecular formula is C12H20N2O. The standard InChI is InChI=1S/C12H20N2O/c1-2-3-8-4-11(8)12(15)14-6-9-5-10(7-14)13-9/h8-11,13H,2-7H2,1H3/t8-,9?,10?,11+/m0/s1. The fourth-order valence-electron chi connectivity index (χ4n) is 3.17. The minimum Gasteiger partial charge on any atom is -0.339 e. The molecule has 4 atom stereocenters. The SMILES string of the molecule is CCC[C@H]1C[C@H]1C(=O)N1CC2CC(C1)N2. The summed E-state index contributed by atoms with van der Waals surface area (Å²) in [5, 5.41) is 3.47. The summed E-state index contributed by atoms with van der Waals surface area (Å²) in [6.45, 7) is 4.13. The van der Waals surface area contributed by atoms with Gasteiger partial charge in [0.2, 0.25) is 5.91 Å². The fraction of sp³-hybridized carbons (Fsp3) is 0.917. The number of hydrogen-bond acceptors (Lipinski definition) is 2. The quantitative estimate of drug-likeness (QED) is 0.750. The zero-order chi connectivity index (χ0) is 10.4. The minimum atomic E-state index is 0.391. The Bertz CT molecular complexity index is 263. The van der Waals surface area contributed by atoms with Crippen molar-refractivity contribution in [2.24, 2.45) is 11.8 Å². The van der Waals surface area contributed by atoms with Crippen LogP contribution < -0.4 is 5.32 Å². The number of nitrogens with one attached hydrogen (secondary N) is 1. The first kappa shape index (κ1) is 9.64. The molecule has 1 saturated carbocycles. The third-order valence-electron chi connectivity index (χ3n) is 4.13. The van der Waals surface area contributed by atoms with Crippen molar-refractivity contribution in [3.05, 3.63) is 0 Å². The van der Waals surface area contributed by atoms with E-state index in [9.17, 15) is 4.79 Å². The maximum absolute atomic E-state index is 12.1. The molecule has 0 aromatic heterocycles. The zero-order valence-corrected chi connectivity index (χ0v) is 9.41. The molecule has 3 heterocycles. The highest BCUT2D eigenvalue weighted by Crippen LogP contribution is 2.43. The molecule has 3 nitrogen and oxygen atoms in total. The van der Waals surface area contributed by atoms with Crippen LogP contribution in [-0.4, -0.2) is 36.0 Å². The Labute approximate surface area is 91.2 Å². The molecule has 84 valence electrons. The van der Waals surface area contributed by atoms with E-state index in [2.05, 4.69) is 17.1 Å². The van der Waals surface area contributed by atoms with E-state index in [4.69, 9.17) is 0 Å². The molecule has 4 fully saturated rings. The van der Waals surface area contributed by atoms with Crippen molar-refractivity contribution in [2.45, 2.75) is 44.7 Å². The topological polar surface area (TPSA) is 32.3 Å². The summed E-state index contributed by atoms with van der Waals surface area (Å²) >= 11 is 0. The molecule has 1 amide bonds. The molecule has 1 aliphatic carbocycles. The third-order valence-corrected chi connectivity index (χ3v) is 4.13. The lowest BCUT2D eigenvalue weighted by Crippen LogP contribution is -2.67. The van der Waals surface area contributed by atoms with E-state index in [1.54, 1.807) is 0 Å². The number of piperidine rings is 1. The number of nitrogens with zero attached hydrogens (tertiary/aromatic N) is 1. The van der Waals surface area contributed by atoms with Crippen molar-refractivity contribution in [3.63, 3.8) is 0 Å². The smallest absolute Gasteiger partial charge is 0.226 e. The second-order valence-electron chi connectivity index (χ2n) is 5.43. The summed E-state index contributed by atoms with van der Waals surface area (Å²) in [5.74, 6) is 1.56. The van der Waals surface area contributed by atoms with Gasteiger partial charge < -0.3 is 10.2 Å². The molecule has 2 bridgehead atoms. The van der Waals surface area contributed by atoms with Gasteiger partial charge in [0.25, 0.3) is 0 Å². The number of carbonyl (C=O) groups excluding carboxylic acids is 1. The largest absolute Gasteiger partial charge is 0.339 e. The van der Waals surface area contributed by atoms with E-state index in [-0.39, 0.29) is 0 Å². The highest BCUT2D eigenvalue weighted by molar-refractivity contribution is 5.82.